The highest BCUT2D eigenvalue weighted by molar-refractivity contribution is 6.35. The highest BCUT2D eigenvalue weighted by atomic mass is 35.5. The van der Waals surface area contributed by atoms with E-state index in [4.69, 9.17) is 16.3 Å². The molecule has 15 heavy (non-hydrogen) atoms. The van der Waals surface area contributed by atoms with Gasteiger partial charge in [-0.3, -0.25) is 0 Å². The lowest BCUT2D eigenvalue weighted by atomic mass is 10.1. The number of phenols is 2. The summed E-state index contributed by atoms with van der Waals surface area (Å²) in [5.74, 6) is -0.0503. The van der Waals surface area contributed by atoms with E-state index in [2.05, 4.69) is 0 Å². The first-order valence-corrected chi connectivity index (χ1v) is 4.70. The molecule has 0 aromatic heterocycles. The van der Waals surface area contributed by atoms with Crippen molar-refractivity contribution in [3.63, 3.8) is 0 Å². The largest absolute Gasteiger partial charge is 0.506 e. The van der Waals surface area contributed by atoms with Gasteiger partial charge in [-0.2, -0.15) is 0 Å². The maximum atomic E-state index is 9.83. The Morgan fingerprint density at radius 3 is 2.13 bits per heavy atom. The third kappa shape index (κ3) is 1.36. The van der Waals surface area contributed by atoms with E-state index in [-0.39, 0.29) is 22.3 Å². The lowest BCUT2D eigenvalue weighted by Gasteiger charge is -2.11. The van der Waals surface area contributed by atoms with E-state index in [0.717, 1.165) is 0 Å². The number of methoxy groups -OCH3 is 1. The Morgan fingerprint density at radius 1 is 1.07 bits per heavy atom. The Labute approximate surface area is 91.5 Å². The van der Waals surface area contributed by atoms with E-state index in [1.165, 1.54) is 7.11 Å². The first kappa shape index (κ1) is 9.93. The van der Waals surface area contributed by atoms with Gasteiger partial charge in [0.05, 0.1) is 7.11 Å². The molecular weight excluding hydrogens is 216 g/mol. The van der Waals surface area contributed by atoms with Crippen molar-refractivity contribution in [2.24, 2.45) is 0 Å². The normalized spacial score (nSPS) is 10.5. The first-order chi connectivity index (χ1) is 7.16. The molecule has 0 fully saturated rings. The van der Waals surface area contributed by atoms with Gasteiger partial charge in [0.1, 0.15) is 10.8 Å². The average Bonchev–Trinajstić information content (AvgIpc) is 2.27. The molecule has 0 saturated carbocycles. The predicted molar refractivity (Wildman–Crippen MR) is 58.8 cm³/mol. The Morgan fingerprint density at radius 2 is 1.60 bits per heavy atom. The molecule has 4 heteroatoms. The molecule has 0 atom stereocenters. The maximum absolute atomic E-state index is 9.83. The smallest absolute Gasteiger partial charge is 0.183 e. The number of halogens is 1. The van der Waals surface area contributed by atoms with Crippen molar-refractivity contribution in [1.82, 2.24) is 0 Å². The summed E-state index contributed by atoms with van der Waals surface area (Å²) in [4.78, 5) is 0. The molecule has 2 N–H and O–H groups in total. The van der Waals surface area contributed by atoms with Crippen LogP contribution in [0.15, 0.2) is 24.3 Å². The number of rotatable bonds is 1. The zero-order valence-electron chi connectivity index (χ0n) is 7.99. The van der Waals surface area contributed by atoms with Crippen LogP contribution in [0.4, 0.5) is 0 Å². The van der Waals surface area contributed by atoms with Gasteiger partial charge in [0.25, 0.3) is 0 Å². The van der Waals surface area contributed by atoms with Crippen molar-refractivity contribution in [2.45, 2.75) is 0 Å². The topological polar surface area (TPSA) is 49.7 Å². The number of aromatic hydroxyl groups is 2. The standard InChI is InChI=1S/C11H9ClO3/c1-15-11-8(12)9(13)6-4-2-3-5-7(6)10(11)14/h2-5,13-14H,1H3. The van der Waals surface area contributed by atoms with Gasteiger partial charge in [-0.25, -0.2) is 0 Å². The fourth-order valence-corrected chi connectivity index (χ4v) is 1.80. The third-order valence-electron chi connectivity index (χ3n) is 2.26. The fraction of sp³-hybridized carbons (Fsp3) is 0.0909. The van der Waals surface area contributed by atoms with Gasteiger partial charge in [-0.15, -0.1) is 0 Å². The molecule has 0 aliphatic rings. The number of hydrogen-bond acceptors (Lipinski definition) is 3. The molecule has 2 rings (SSSR count). The number of fused-ring (bicyclic) bond motifs is 1. The minimum atomic E-state index is -0.0816. The average molecular weight is 225 g/mol. The van der Waals surface area contributed by atoms with Gasteiger partial charge >= 0.3 is 0 Å². The zero-order chi connectivity index (χ0) is 11.0. The minimum absolute atomic E-state index is 0.0219. The summed E-state index contributed by atoms with van der Waals surface area (Å²) < 4.78 is 4.92. The van der Waals surface area contributed by atoms with E-state index >= 15 is 0 Å². The molecule has 2 aromatic carbocycles. The highest BCUT2D eigenvalue weighted by Gasteiger charge is 2.17. The van der Waals surface area contributed by atoms with Gasteiger partial charge in [-0.05, 0) is 0 Å². The molecule has 78 valence electrons. The molecule has 0 unspecified atom stereocenters. The molecule has 2 aromatic rings. The second kappa shape index (κ2) is 3.51. The first-order valence-electron chi connectivity index (χ1n) is 4.33. The summed E-state index contributed by atoms with van der Waals surface area (Å²) >= 11 is 5.84. The molecule has 0 saturated heterocycles. The quantitative estimate of drug-likeness (QED) is 0.733. The van der Waals surface area contributed by atoms with Gasteiger partial charge < -0.3 is 14.9 Å². The Balaban J connectivity index is 2.96. The summed E-state index contributed by atoms with van der Waals surface area (Å²) in [6.45, 7) is 0. The summed E-state index contributed by atoms with van der Waals surface area (Å²) in [5, 5.41) is 20.6. The second-order valence-corrected chi connectivity index (χ2v) is 3.47. The minimum Gasteiger partial charge on any atom is -0.506 e. The lowest BCUT2D eigenvalue weighted by Crippen LogP contribution is -1.87. The van der Waals surface area contributed by atoms with Crippen LogP contribution in [0, 0.1) is 0 Å². The molecule has 0 aliphatic heterocycles. The number of phenolic OH excluding ortho intramolecular Hbond substituents is 2. The predicted octanol–water partition coefficient (Wildman–Crippen LogP) is 2.91. The van der Waals surface area contributed by atoms with Crippen LogP contribution in [0.2, 0.25) is 5.02 Å². The van der Waals surface area contributed by atoms with Crippen LogP contribution in [0.3, 0.4) is 0 Å². The van der Waals surface area contributed by atoms with Crippen LogP contribution in [0.5, 0.6) is 17.2 Å². The fourth-order valence-electron chi connectivity index (χ4n) is 1.53. The van der Waals surface area contributed by atoms with Crippen LogP contribution < -0.4 is 4.74 Å². The molecule has 0 aliphatic carbocycles. The molecule has 0 amide bonds. The van der Waals surface area contributed by atoms with Crippen LogP contribution in [-0.4, -0.2) is 17.3 Å². The monoisotopic (exact) mass is 224 g/mol. The zero-order valence-corrected chi connectivity index (χ0v) is 8.75. The van der Waals surface area contributed by atoms with Gasteiger partial charge in [0.15, 0.2) is 11.5 Å². The van der Waals surface area contributed by atoms with Crippen LogP contribution >= 0.6 is 11.6 Å². The molecule has 0 heterocycles. The van der Waals surface area contributed by atoms with Gasteiger partial charge in [-0.1, -0.05) is 35.9 Å². The van der Waals surface area contributed by atoms with Crippen molar-refractivity contribution in [3.05, 3.63) is 29.3 Å². The van der Waals surface area contributed by atoms with Crippen molar-refractivity contribution >= 4 is 22.4 Å². The lowest BCUT2D eigenvalue weighted by molar-refractivity contribution is 0.373. The van der Waals surface area contributed by atoms with Gasteiger partial charge in [0.2, 0.25) is 0 Å². The molecule has 0 bridgehead atoms. The van der Waals surface area contributed by atoms with Crippen LogP contribution in [0.1, 0.15) is 0 Å². The Kier molecular flexibility index (Phi) is 2.32. The van der Waals surface area contributed by atoms with E-state index in [1.807, 2.05) is 0 Å². The van der Waals surface area contributed by atoms with Crippen molar-refractivity contribution in [3.8, 4) is 17.2 Å². The SMILES string of the molecule is COc1c(Cl)c(O)c2ccccc2c1O. The van der Waals surface area contributed by atoms with E-state index < -0.39 is 0 Å². The molecule has 3 nitrogen and oxygen atoms in total. The third-order valence-corrected chi connectivity index (χ3v) is 2.61. The van der Waals surface area contributed by atoms with E-state index in [0.29, 0.717) is 10.8 Å². The maximum Gasteiger partial charge on any atom is 0.183 e. The summed E-state index contributed by atoms with van der Waals surface area (Å²) in [6, 6.07) is 6.87. The van der Waals surface area contributed by atoms with E-state index in [1.54, 1.807) is 24.3 Å². The molecule has 0 spiro atoms. The summed E-state index contributed by atoms with van der Waals surface area (Å²) in [6.07, 6.45) is 0. The van der Waals surface area contributed by atoms with Crippen LogP contribution in [-0.2, 0) is 0 Å². The number of benzene rings is 2. The van der Waals surface area contributed by atoms with Crippen molar-refractivity contribution < 1.29 is 14.9 Å². The number of hydrogen-bond donors (Lipinski definition) is 2. The molecule has 0 radical (unpaired) electrons. The summed E-state index contributed by atoms with van der Waals surface area (Å²) in [7, 11) is 1.38. The summed E-state index contributed by atoms with van der Waals surface area (Å²) in [5.41, 5.74) is 0. The Hall–Kier alpha value is -1.61. The van der Waals surface area contributed by atoms with Gasteiger partial charge in [0, 0.05) is 10.8 Å². The molecular formula is C11H9ClO3. The van der Waals surface area contributed by atoms with Crippen molar-refractivity contribution in [2.75, 3.05) is 7.11 Å². The van der Waals surface area contributed by atoms with Crippen LogP contribution in [0.25, 0.3) is 10.8 Å². The van der Waals surface area contributed by atoms with E-state index in [9.17, 15) is 10.2 Å². The van der Waals surface area contributed by atoms with Crippen molar-refractivity contribution in [1.29, 1.82) is 0 Å². The second-order valence-electron chi connectivity index (χ2n) is 3.09. The highest BCUT2D eigenvalue weighted by Crippen LogP contribution is 2.47. The Bertz CT molecular complexity index is 523. The number of ether oxygens (including phenoxy) is 1.